The first-order valence-electron chi connectivity index (χ1n) is 6.12. The van der Waals surface area contributed by atoms with E-state index in [1.165, 1.54) is 5.06 Å². The second kappa shape index (κ2) is 5.17. The molecule has 0 aromatic rings. The fourth-order valence-corrected chi connectivity index (χ4v) is 3.49. The molecule has 1 saturated heterocycles. The van der Waals surface area contributed by atoms with Crippen LogP contribution < -0.4 is 0 Å². The minimum absolute atomic E-state index is 0.000587. The Morgan fingerprint density at radius 3 is 2.17 bits per heavy atom. The number of hydrogen-bond acceptors (Lipinski definition) is 5. The molecule has 0 aromatic heterocycles. The van der Waals surface area contributed by atoms with Crippen LogP contribution in [-0.4, -0.2) is 34.1 Å². The Balaban J connectivity index is 2.78. The van der Waals surface area contributed by atoms with Gasteiger partial charge in [0.15, 0.2) is 0 Å². The van der Waals surface area contributed by atoms with Crippen molar-refractivity contribution in [3.8, 4) is 0 Å². The minimum atomic E-state index is -4.49. The summed E-state index contributed by atoms with van der Waals surface area (Å²) in [6.45, 7) is 8.86. The van der Waals surface area contributed by atoms with Crippen molar-refractivity contribution < 1.29 is 23.0 Å². The molecular formula is C11H23FNO4P. The van der Waals surface area contributed by atoms with Crippen LogP contribution in [0.1, 0.15) is 47.5 Å². The second-order valence-electron chi connectivity index (χ2n) is 5.92. The van der Waals surface area contributed by atoms with Gasteiger partial charge >= 0.3 is 7.91 Å². The van der Waals surface area contributed by atoms with E-state index in [9.17, 15) is 14.0 Å². The Bertz CT molecular complexity index is 330. The SMILES string of the molecule is CCO[P@](=O)(F)OC1CC(C)(C)N(O)C(C)(C)C1. The Morgan fingerprint density at radius 2 is 1.78 bits per heavy atom. The zero-order valence-electron chi connectivity index (χ0n) is 11.6. The minimum Gasteiger partial charge on any atom is -0.313 e. The quantitative estimate of drug-likeness (QED) is 0.800. The first kappa shape index (κ1) is 16.1. The van der Waals surface area contributed by atoms with Gasteiger partial charge in [0.1, 0.15) is 0 Å². The summed E-state index contributed by atoms with van der Waals surface area (Å²) in [5.41, 5.74) is -1.14. The molecule has 1 rings (SSSR count). The van der Waals surface area contributed by atoms with Crippen molar-refractivity contribution in [2.45, 2.75) is 64.6 Å². The van der Waals surface area contributed by atoms with E-state index in [4.69, 9.17) is 4.52 Å². The number of piperidine rings is 1. The van der Waals surface area contributed by atoms with Crippen molar-refractivity contribution in [3.05, 3.63) is 0 Å². The van der Waals surface area contributed by atoms with Crippen LogP contribution in [0.25, 0.3) is 0 Å². The molecule has 1 atom stereocenters. The van der Waals surface area contributed by atoms with Crippen LogP contribution in [0.15, 0.2) is 0 Å². The molecule has 1 fully saturated rings. The molecule has 1 aliphatic heterocycles. The normalized spacial score (nSPS) is 27.9. The monoisotopic (exact) mass is 283 g/mol. The molecule has 0 saturated carbocycles. The highest BCUT2D eigenvalue weighted by molar-refractivity contribution is 7.48. The molecule has 0 aromatic carbocycles. The zero-order valence-corrected chi connectivity index (χ0v) is 12.5. The van der Waals surface area contributed by atoms with Crippen molar-refractivity contribution in [1.29, 1.82) is 0 Å². The van der Waals surface area contributed by atoms with Crippen molar-refractivity contribution in [3.63, 3.8) is 0 Å². The molecule has 0 spiro atoms. The van der Waals surface area contributed by atoms with Crippen LogP contribution in [0.2, 0.25) is 0 Å². The van der Waals surface area contributed by atoms with Crippen molar-refractivity contribution in [2.24, 2.45) is 0 Å². The predicted molar refractivity (Wildman–Crippen MR) is 66.2 cm³/mol. The molecule has 108 valence electrons. The third kappa shape index (κ3) is 3.75. The smallest absolute Gasteiger partial charge is 0.313 e. The van der Waals surface area contributed by atoms with Crippen LogP contribution >= 0.6 is 7.91 Å². The van der Waals surface area contributed by atoms with Gasteiger partial charge in [0.2, 0.25) is 0 Å². The van der Waals surface area contributed by atoms with E-state index in [0.717, 1.165) is 0 Å². The summed E-state index contributed by atoms with van der Waals surface area (Å²) in [6, 6.07) is 0. The molecular weight excluding hydrogens is 260 g/mol. The summed E-state index contributed by atoms with van der Waals surface area (Å²) in [7, 11) is -4.49. The third-order valence-electron chi connectivity index (χ3n) is 3.16. The Labute approximate surface area is 108 Å². The van der Waals surface area contributed by atoms with Crippen molar-refractivity contribution >= 4 is 7.91 Å². The predicted octanol–water partition coefficient (Wildman–Crippen LogP) is 3.53. The highest BCUT2D eigenvalue weighted by Gasteiger charge is 2.47. The Kier molecular flexibility index (Phi) is 4.62. The fourth-order valence-electron chi connectivity index (χ4n) is 2.62. The molecule has 0 bridgehead atoms. The first-order chi connectivity index (χ1) is 8.00. The summed E-state index contributed by atoms with van der Waals surface area (Å²) in [5.74, 6) is 0. The molecule has 1 N–H and O–H groups in total. The topological polar surface area (TPSA) is 59.0 Å². The van der Waals surface area contributed by atoms with Crippen LogP contribution in [0.3, 0.4) is 0 Å². The summed E-state index contributed by atoms with van der Waals surface area (Å²) in [6.07, 6.45) is 0.225. The van der Waals surface area contributed by atoms with Gasteiger partial charge < -0.3 is 5.21 Å². The lowest BCUT2D eigenvalue weighted by Gasteiger charge is -2.51. The number of rotatable bonds is 4. The van der Waals surface area contributed by atoms with Crippen LogP contribution in [0.4, 0.5) is 4.20 Å². The van der Waals surface area contributed by atoms with Gasteiger partial charge in [0.05, 0.1) is 12.7 Å². The van der Waals surface area contributed by atoms with Crippen LogP contribution in [0, 0.1) is 0 Å². The van der Waals surface area contributed by atoms with Gasteiger partial charge in [-0.05, 0) is 47.5 Å². The average molecular weight is 283 g/mol. The summed E-state index contributed by atoms with van der Waals surface area (Å²) < 4.78 is 34.4. The van der Waals surface area contributed by atoms with E-state index in [0.29, 0.717) is 12.8 Å². The van der Waals surface area contributed by atoms with Crippen molar-refractivity contribution in [2.75, 3.05) is 6.61 Å². The Morgan fingerprint density at radius 1 is 1.33 bits per heavy atom. The molecule has 1 aliphatic rings. The second-order valence-corrected chi connectivity index (χ2v) is 7.25. The van der Waals surface area contributed by atoms with Gasteiger partial charge in [-0.15, -0.1) is 4.20 Å². The third-order valence-corrected chi connectivity index (χ3v) is 4.28. The van der Waals surface area contributed by atoms with Gasteiger partial charge in [-0.1, -0.05) is 0 Å². The van der Waals surface area contributed by atoms with Gasteiger partial charge in [-0.2, -0.15) is 5.06 Å². The number of hydrogen-bond donors (Lipinski definition) is 1. The standard InChI is InChI=1S/C11H23FNO4P/c1-6-16-18(12,15)17-9-7-10(2,3)13(14)11(4,5)8-9/h9,14H,6-8H2,1-5H3/t18-/m1/s1. The van der Waals surface area contributed by atoms with Crippen molar-refractivity contribution in [1.82, 2.24) is 5.06 Å². The number of halogens is 1. The maximum Gasteiger partial charge on any atom is 0.513 e. The highest BCUT2D eigenvalue weighted by atomic mass is 31.2. The molecule has 0 aliphatic carbocycles. The zero-order chi connectivity index (χ0) is 14.2. The number of nitrogens with zero attached hydrogens (tertiary/aromatic N) is 1. The summed E-state index contributed by atoms with van der Waals surface area (Å²) in [4.78, 5) is 0. The molecule has 0 amide bonds. The molecule has 1 heterocycles. The average Bonchev–Trinajstić information content (AvgIpc) is 2.11. The summed E-state index contributed by atoms with van der Waals surface area (Å²) >= 11 is 0. The van der Waals surface area contributed by atoms with Crippen LogP contribution in [-0.2, 0) is 13.6 Å². The maximum absolute atomic E-state index is 13.5. The van der Waals surface area contributed by atoms with E-state index in [2.05, 4.69) is 4.52 Å². The van der Waals surface area contributed by atoms with E-state index in [1.54, 1.807) is 6.92 Å². The van der Waals surface area contributed by atoms with E-state index < -0.39 is 25.1 Å². The first-order valence-corrected chi connectivity index (χ1v) is 7.55. The van der Waals surface area contributed by atoms with Gasteiger partial charge in [-0.25, -0.2) is 4.57 Å². The molecule has 7 heteroatoms. The van der Waals surface area contributed by atoms with E-state index in [1.807, 2.05) is 27.7 Å². The maximum atomic E-state index is 13.5. The lowest BCUT2D eigenvalue weighted by molar-refractivity contribution is -0.255. The largest absolute Gasteiger partial charge is 0.513 e. The highest BCUT2D eigenvalue weighted by Crippen LogP contribution is 2.53. The summed E-state index contributed by atoms with van der Waals surface area (Å²) in [5, 5.41) is 11.3. The van der Waals surface area contributed by atoms with Crippen LogP contribution in [0.5, 0.6) is 0 Å². The van der Waals surface area contributed by atoms with E-state index in [-0.39, 0.29) is 6.61 Å². The van der Waals surface area contributed by atoms with Gasteiger partial charge in [0.25, 0.3) is 0 Å². The van der Waals surface area contributed by atoms with Gasteiger partial charge in [-0.3, -0.25) is 9.05 Å². The lowest BCUT2D eigenvalue weighted by Crippen LogP contribution is -2.60. The molecule has 0 radical (unpaired) electrons. The fraction of sp³-hybridized carbons (Fsp3) is 1.00. The molecule has 5 nitrogen and oxygen atoms in total. The number of hydroxylamine groups is 2. The lowest BCUT2D eigenvalue weighted by atomic mass is 9.80. The molecule has 0 unspecified atom stereocenters. The van der Waals surface area contributed by atoms with Gasteiger partial charge in [0, 0.05) is 11.1 Å². The Hall–Kier alpha value is -0.0000000000000000139. The van der Waals surface area contributed by atoms with E-state index >= 15 is 0 Å². The molecule has 18 heavy (non-hydrogen) atoms.